The van der Waals surface area contributed by atoms with Gasteiger partial charge in [0.05, 0.1) is 11.6 Å². The molecule has 0 radical (unpaired) electrons. The second-order valence-corrected chi connectivity index (χ2v) is 7.24. The van der Waals surface area contributed by atoms with Gasteiger partial charge in [-0.05, 0) is 60.9 Å². The first-order valence-electron chi connectivity index (χ1n) is 9.41. The Morgan fingerprint density at radius 2 is 1.81 bits per heavy atom. The molecular weight excluding hydrogens is 338 g/mol. The second kappa shape index (κ2) is 7.24. The molecule has 4 rings (SSSR count). The fourth-order valence-corrected chi connectivity index (χ4v) is 4.01. The Morgan fingerprint density at radius 3 is 2.52 bits per heavy atom. The lowest BCUT2D eigenvalue weighted by Crippen LogP contribution is -2.36. The maximum Gasteiger partial charge on any atom is 0.255 e. The molecule has 2 amide bonds. The summed E-state index contributed by atoms with van der Waals surface area (Å²) < 4.78 is 0. The van der Waals surface area contributed by atoms with Crippen molar-refractivity contribution in [1.29, 1.82) is 5.26 Å². The van der Waals surface area contributed by atoms with Crippen molar-refractivity contribution in [3.8, 4) is 6.07 Å². The summed E-state index contributed by atoms with van der Waals surface area (Å²) in [6.07, 6.45) is 5.81. The van der Waals surface area contributed by atoms with Gasteiger partial charge in [0.15, 0.2) is 0 Å². The molecule has 0 atom stereocenters. The Hall–Kier alpha value is -3.13. The van der Waals surface area contributed by atoms with Crippen molar-refractivity contribution in [2.24, 2.45) is 0 Å². The van der Waals surface area contributed by atoms with Crippen LogP contribution in [0.15, 0.2) is 42.5 Å². The van der Waals surface area contributed by atoms with Crippen LogP contribution in [0.4, 0.5) is 5.69 Å². The van der Waals surface area contributed by atoms with Gasteiger partial charge in [-0.1, -0.05) is 19.3 Å². The predicted octanol–water partition coefficient (Wildman–Crippen LogP) is 4.10. The SMILES string of the molecule is N#Cc1ccc(C(=O)Nc2ccc3c(c2)CN(C2CCCCC2)C3=O)cc1. The molecule has 1 heterocycles. The Kier molecular flexibility index (Phi) is 4.64. The van der Waals surface area contributed by atoms with Crippen LogP contribution in [0.25, 0.3) is 0 Å². The van der Waals surface area contributed by atoms with Crippen LogP contribution in [0, 0.1) is 11.3 Å². The van der Waals surface area contributed by atoms with E-state index in [1.807, 2.05) is 23.1 Å². The van der Waals surface area contributed by atoms with E-state index in [-0.39, 0.29) is 11.8 Å². The van der Waals surface area contributed by atoms with Crippen LogP contribution in [0.1, 0.15) is 63.9 Å². The fourth-order valence-electron chi connectivity index (χ4n) is 4.01. The molecule has 2 aliphatic rings. The molecule has 2 aromatic rings. The molecule has 0 bridgehead atoms. The number of nitriles is 1. The smallest absolute Gasteiger partial charge is 0.255 e. The average molecular weight is 359 g/mol. The summed E-state index contributed by atoms with van der Waals surface area (Å²) >= 11 is 0. The third-order valence-electron chi connectivity index (χ3n) is 5.49. The zero-order chi connectivity index (χ0) is 18.8. The predicted molar refractivity (Wildman–Crippen MR) is 102 cm³/mol. The first-order valence-corrected chi connectivity index (χ1v) is 9.41. The molecule has 0 unspecified atom stereocenters. The molecule has 5 heteroatoms. The molecule has 1 saturated carbocycles. The fraction of sp³-hybridized carbons (Fsp3) is 0.318. The summed E-state index contributed by atoms with van der Waals surface area (Å²) in [5, 5.41) is 11.7. The quantitative estimate of drug-likeness (QED) is 0.897. The molecule has 136 valence electrons. The van der Waals surface area contributed by atoms with Crippen molar-refractivity contribution in [2.45, 2.75) is 44.7 Å². The van der Waals surface area contributed by atoms with Crippen molar-refractivity contribution in [1.82, 2.24) is 4.90 Å². The third-order valence-corrected chi connectivity index (χ3v) is 5.49. The summed E-state index contributed by atoms with van der Waals surface area (Å²) in [5.41, 5.74) is 3.42. The van der Waals surface area contributed by atoms with E-state index in [1.54, 1.807) is 30.3 Å². The van der Waals surface area contributed by atoms with E-state index >= 15 is 0 Å². The van der Waals surface area contributed by atoms with Crippen molar-refractivity contribution in [2.75, 3.05) is 5.32 Å². The number of rotatable bonds is 3. The van der Waals surface area contributed by atoms with Gasteiger partial charge in [-0.15, -0.1) is 0 Å². The van der Waals surface area contributed by atoms with Crippen molar-refractivity contribution in [3.05, 3.63) is 64.7 Å². The van der Waals surface area contributed by atoms with Gasteiger partial charge in [-0.2, -0.15) is 5.26 Å². The first-order chi connectivity index (χ1) is 13.2. The van der Waals surface area contributed by atoms with Gasteiger partial charge in [0.25, 0.3) is 11.8 Å². The van der Waals surface area contributed by atoms with Crippen molar-refractivity contribution >= 4 is 17.5 Å². The molecule has 2 aromatic carbocycles. The highest BCUT2D eigenvalue weighted by molar-refractivity contribution is 6.05. The minimum atomic E-state index is -0.229. The first kappa shape index (κ1) is 17.3. The largest absolute Gasteiger partial charge is 0.331 e. The molecule has 0 aromatic heterocycles. The number of hydrogen-bond donors (Lipinski definition) is 1. The number of anilines is 1. The van der Waals surface area contributed by atoms with Crippen LogP contribution in [0.5, 0.6) is 0 Å². The molecule has 0 saturated heterocycles. The van der Waals surface area contributed by atoms with Gasteiger partial charge >= 0.3 is 0 Å². The maximum atomic E-state index is 12.7. The number of amides is 2. The average Bonchev–Trinajstić information content (AvgIpc) is 3.04. The highest BCUT2D eigenvalue weighted by Gasteiger charge is 2.33. The lowest BCUT2D eigenvalue weighted by molar-refractivity contribution is 0.0660. The summed E-state index contributed by atoms with van der Waals surface area (Å²) in [6.45, 7) is 0.624. The molecule has 0 spiro atoms. The van der Waals surface area contributed by atoms with Gasteiger partial charge in [-0.3, -0.25) is 9.59 Å². The van der Waals surface area contributed by atoms with Gasteiger partial charge in [0.2, 0.25) is 0 Å². The minimum absolute atomic E-state index is 0.113. The molecular formula is C22H21N3O2. The molecule has 5 nitrogen and oxygen atoms in total. The Balaban J connectivity index is 1.48. The van der Waals surface area contributed by atoms with Crippen LogP contribution < -0.4 is 5.32 Å². The molecule has 27 heavy (non-hydrogen) atoms. The van der Waals surface area contributed by atoms with Crippen LogP contribution in [0.2, 0.25) is 0 Å². The Labute approximate surface area is 158 Å². The summed E-state index contributed by atoms with van der Waals surface area (Å²) in [7, 11) is 0. The maximum absolute atomic E-state index is 12.7. The molecule has 1 aliphatic carbocycles. The second-order valence-electron chi connectivity index (χ2n) is 7.24. The van der Waals surface area contributed by atoms with Crippen LogP contribution >= 0.6 is 0 Å². The number of carbonyl (C=O) groups is 2. The number of nitrogens with one attached hydrogen (secondary N) is 1. The highest BCUT2D eigenvalue weighted by atomic mass is 16.2. The van der Waals surface area contributed by atoms with E-state index in [2.05, 4.69) is 5.32 Å². The Bertz CT molecular complexity index is 922. The number of hydrogen-bond acceptors (Lipinski definition) is 3. The summed E-state index contributed by atoms with van der Waals surface area (Å²) in [5.74, 6) is -0.116. The summed E-state index contributed by atoms with van der Waals surface area (Å²) in [6, 6.07) is 14.4. The summed E-state index contributed by atoms with van der Waals surface area (Å²) in [4.78, 5) is 27.1. The Morgan fingerprint density at radius 1 is 1.07 bits per heavy atom. The number of fused-ring (bicyclic) bond motifs is 1. The van der Waals surface area contributed by atoms with Gasteiger partial charge in [0.1, 0.15) is 0 Å². The molecule has 1 N–H and O–H groups in total. The van der Waals surface area contributed by atoms with Gasteiger partial charge < -0.3 is 10.2 Å². The van der Waals surface area contributed by atoms with E-state index in [4.69, 9.17) is 5.26 Å². The van der Waals surface area contributed by atoms with Crippen LogP contribution in [0.3, 0.4) is 0 Å². The van der Waals surface area contributed by atoms with E-state index in [0.717, 1.165) is 24.0 Å². The lowest BCUT2D eigenvalue weighted by Gasteiger charge is -2.30. The van der Waals surface area contributed by atoms with Crippen molar-refractivity contribution < 1.29 is 9.59 Å². The minimum Gasteiger partial charge on any atom is -0.331 e. The van der Waals surface area contributed by atoms with E-state index in [1.165, 1.54) is 19.3 Å². The van der Waals surface area contributed by atoms with E-state index in [0.29, 0.717) is 29.4 Å². The highest BCUT2D eigenvalue weighted by Crippen LogP contribution is 2.32. The lowest BCUT2D eigenvalue weighted by atomic mass is 9.94. The molecule has 1 aliphatic heterocycles. The van der Waals surface area contributed by atoms with Gasteiger partial charge in [-0.25, -0.2) is 0 Å². The number of carbonyl (C=O) groups excluding carboxylic acids is 2. The van der Waals surface area contributed by atoms with Crippen LogP contribution in [-0.4, -0.2) is 22.8 Å². The normalized spacial score (nSPS) is 16.7. The zero-order valence-corrected chi connectivity index (χ0v) is 15.1. The van der Waals surface area contributed by atoms with E-state index in [9.17, 15) is 9.59 Å². The van der Waals surface area contributed by atoms with Crippen LogP contribution in [-0.2, 0) is 6.54 Å². The monoisotopic (exact) mass is 359 g/mol. The third kappa shape index (κ3) is 3.43. The standard InChI is InChI=1S/C22H21N3O2/c23-13-15-6-8-16(9-7-15)21(26)24-18-10-11-20-17(12-18)14-25(22(20)27)19-4-2-1-3-5-19/h6-12,19H,1-5,14H2,(H,24,26). The number of benzene rings is 2. The zero-order valence-electron chi connectivity index (χ0n) is 15.1. The van der Waals surface area contributed by atoms with Crippen molar-refractivity contribution in [3.63, 3.8) is 0 Å². The topological polar surface area (TPSA) is 73.2 Å². The molecule has 1 fully saturated rings. The van der Waals surface area contributed by atoms with Gasteiger partial charge in [0, 0.05) is 29.4 Å². The number of nitrogens with zero attached hydrogens (tertiary/aromatic N) is 2. The van der Waals surface area contributed by atoms with E-state index < -0.39 is 0 Å².